The molecule has 0 bridgehead atoms. The molecule has 2 aromatic carbocycles. The summed E-state index contributed by atoms with van der Waals surface area (Å²) in [6.07, 6.45) is 2.98. The molecule has 0 spiro atoms. The first-order chi connectivity index (χ1) is 12.1. The molecule has 2 rings (SSSR count). The van der Waals surface area contributed by atoms with Crippen LogP contribution in [-0.4, -0.2) is 26.5 Å². The van der Waals surface area contributed by atoms with Crippen LogP contribution >= 0.6 is 0 Å². The van der Waals surface area contributed by atoms with Gasteiger partial charge in [0, 0.05) is 12.1 Å². The predicted octanol–water partition coefficient (Wildman–Crippen LogP) is 3.39. The van der Waals surface area contributed by atoms with Crippen molar-refractivity contribution in [3.63, 3.8) is 0 Å². The van der Waals surface area contributed by atoms with Crippen molar-refractivity contribution in [3.05, 3.63) is 69.9 Å². The van der Waals surface area contributed by atoms with Gasteiger partial charge in [0.1, 0.15) is 11.5 Å². The minimum Gasteiger partial charge on any atom is -0.497 e. The van der Waals surface area contributed by atoms with Crippen LogP contribution in [0.25, 0.3) is 6.08 Å². The van der Waals surface area contributed by atoms with Crippen molar-refractivity contribution in [2.24, 2.45) is 0 Å². The minimum absolute atomic E-state index is 0.110. The second-order valence-electron chi connectivity index (χ2n) is 5.21. The second kappa shape index (κ2) is 8.68. The maximum atomic E-state index is 12.5. The number of methoxy groups -OCH3 is 2. The van der Waals surface area contributed by atoms with Crippen LogP contribution in [0.4, 0.5) is 5.69 Å². The molecule has 0 heterocycles. The van der Waals surface area contributed by atoms with Gasteiger partial charge in [-0.05, 0) is 49.4 Å². The average molecular weight is 339 g/mol. The van der Waals surface area contributed by atoms with E-state index < -0.39 is 0 Å². The lowest BCUT2D eigenvalue weighted by Crippen LogP contribution is -2.15. The molecule has 0 aliphatic heterocycles. The Morgan fingerprint density at radius 1 is 1.12 bits per heavy atom. The summed E-state index contributed by atoms with van der Waals surface area (Å²) in [5, 5.41) is 2.97. The SMILES string of the molecule is CCNc1ccccc(C(=O)C=Cc2cc(OC)ccc2OC)c1=O. The highest BCUT2D eigenvalue weighted by atomic mass is 16.5. The number of nitrogens with one attached hydrogen (secondary N) is 1. The smallest absolute Gasteiger partial charge is 0.212 e. The molecule has 0 unspecified atom stereocenters. The maximum absolute atomic E-state index is 12.5. The lowest BCUT2D eigenvalue weighted by Gasteiger charge is -2.07. The molecular formula is C20H21NO4. The van der Waals surface area contributed by atoms with E-state index in [9.17, 15) is 9.59 Å². The van der Waals surface area contributed by atoms with E-state index >= 15 is 0 Å². The number of allylic oxidation sites excluding steroid dienone is 1. The normalized spacial score (nSPS) is 10.5. The lowest BCUT2D eigenvalue weighted by atomic mass is 10.1. The standard InChI is InChI=1S/C20H21NO4/c1-4-21-17-8-6-5-7-16(20(17)23)18(22)11-9-14-13-15(24-2)10-12-19(14)25-3/h5-13H,4H2,1-3H3,(H,21,23). The van der Waals surface area contributed by atoms with Crippen molar-refractivity contribution < 1.29 is 14.3 Å². The van der Waals surface area contributed by atoms with Gasteiger partial charge in [-0.3, -0.25) is 9.59 Å². The van der Waals surface area contributed by atoms with Gasteiger partial charge >= 0.3 is 0 Å². The van der Waals surface area contributed by atoms with Crippen LogP contribution in [0.15, 0.2) is 53.3 Å². The summed E-state index contributed by atoms with van der Waals surface area (Å²) >= 11 is 0. The number of carbonyl (C=O) groups is 1. The summed E-state index contributed by atoms with van der Waals surface area (Å²) < 4.78 is 10.5. The third-order valence-corrected chi connectivity index (χ3v) is 3.61. The van der Waals surface area contributed by atoms with Gasteiger partial charge < -0.3 is 14.8 Å². The van der Waals surface area contributed by atoms with Gasteiger partial charge in [-0.25, -0.2) is 0 Å². The van der Waals surface area contributed by atoms with Gasteiger partial charge in [0.05, 0.1) is 25.5 Å². The highest BCUT2D eigenvalue weighted by Crippen LogP contribution is 2.25. The topological polar surface area (TPSA) is 64.6 Å². The first kappa shape index (κ1) is 18.3. The highest BCUT2D eigenvalue weighted by molar-refractivity contribution is 6.07. The highest BCUT2D eigenvalue weighted by Gasteiger charge is 2.10. The quantitative estimate of drug-likeness (QED) is 0.619. The van der Waals surface area contributed by atoms with E-state index in [0.29, 0.717) is 29.3 Å². The maximum Gasteiger partial charge on any atom is 0.212 e. The number of carbonyl (C=O) groups excluding carboxylic acids is 1. The Morgan fingerprint density at radius 2 is 1.88 bits per heavy atom. The molecule has 0 aliphatic carbocycles. The molecule has 0 saturated carbocycles. The Hall–Kier alpha value is -3.08. The molecular weight excluding hydrogens is 318 g/mol. The summed E-state index contributed by atoms with van der Waals surface area (Å²) in [5.41, 5.74) is 0.885. The Kier molecular flexibility index (Phi) is 6.34. The number of hydrogen-bond acceptors (Lipinski definition) is 5. The van der Waals surface area contributed by atoms with Crippen LogP contribution in [-0.2, 0) is 0 Å². The van der Waals surface area contributed by atoms with Crippen LogP contribution in [0.1, 0.15) is 22.8 Å². The zero-order chi connectivity index (χ0) is 18.2. The fourth-order valence-corrected chi connectivity index (χ4v) is 2.35. The lowest BCUT2D eigenvalue weighted by molar-refractivity contribution is 0.104. The summed E-state index contributed by atoms with van der Waals surface area (Å²) in [7, 11) is 3.12. The van der Waals surface area contributed by atoms with E-state index in [2.05, 4.69) is 5.32 Å². The number of rotatable bonds is 7. The van der Waals surface area contributed by atoms with Crippen LogP contribution in [0, 0.1) is 0 Å². The molecule has 0 radical (unpaired) electrons. The molecule has 25 heavy (non-hydrogen) atoms. The average Bonchev–Trinajstić information content (AvgIpc) is 2.81. The Labute approximate surface area is 146 Å². The van der Waals surface area contributed by atoms with Crippen molar-refractivity contribution in [1.82, 2.24) is 0 Å². The van der Waals surface area contributed by atoms with E-state index in [1.165, 1.54) is 12.1 Å². The van der Waals surface area contributed by atoms with Crippen molar-refractivity contribution in [1.29, 1.82) is 0 Å². The van der Waals surface area contributed by atoms with E-state index in [0.717, 1.165) is 0 Å². The number of ether oxygens (including phenoxy) is 2. The van der Waals surface area contributed by atoms with Crippen LogP contribution in [0.5, 0.6) is 11.5 Å². The van der Waals surface area contributed by atoms with E-state index in [1.807, 2.05) is 6.92 Å². The van der Waals surface area contributed by atoms with Crippen LogP contribution in [0.2, 0.25) is 0 Å². The predicted molar refractivity (Wildman–Crippen MR) is 99.8 cm³/mol. The second-order valence-corrected chi connectivity index (χ2v) is 5.21. The largest absolute Gasteiger partial charge is 0.497 e. The molecule has 5 nitrogen and oxygen atoms in total. The Bertz CT molecular complexity index is 843. The fourth-order valence-electron chi connectivity index (χ4n) is 2.35. The summed E-state index contributed by atoms with van der Waals surface area (Å²) in [6.45, 7) is 2.49. The van der Waals surface area contributed by atoms with Gasteiger partial charge in [0.25, 0.3) is 0 Å². The Balaban J connectivity index is 2.38. The number of ketones is 1. The first-order valence-electron chi connectivity index (χ1n) is 7.92. The number of hydrogen-bond donors (Lipinski definition) is 1. The molecule has 2 aromatic rings. The van der Waals surface area contributed by atoms with Crippen molar-refractivity contribution >= 4 is 17.5 Å². The first-order valence-corrected chi connectivity index (χ1v) is 7.92. The minimum atomic E-state index is -0.370. The molecule has 0 saturated heterocycles. The summed E-state index contributed by atoms with van der Waals surface area (Å²) in [5.74, 6) is 0.891. The zero-order valence-corrected chi connectivity index (χ0v) is 14.5. The number of benzene rings is 1. The molecule has 0 fully saturated rings. The molecule has 0 aliphatic rings. The van der Waals surface area contributed by atoms with Gasteiger partial charge in [0.15, 0.2) is 5.78 Å². The van der Waals surface area contributed by atoms with E-state index in [4.69, 9.17) is 9.47 Å². The Morgan fingerprint density at radius 3 is 2.56 bits per heavy atom. The monoisotopic (exact) mass is 339 g/mol. The molecule has 0 aromatic heterocycles. The summed E-state index contributed by atoms with van der Waals surface area (Å²) in [6, 6.07) is 11.9. The zero-order valence-electron chi connectivity index (χ0n) is 14.5. The van der Waals surface area contributed by atoms with Crippen molar-refractivity contribution in [3.8, 4) is 11.5 Å². The number of anilines is 1. The fraction of sp³-hybridized carbons (Fsp3) is 0.200. The molecule has 5 heteroatoms. The molecule has 0 atom stereocenters. The van der Waals surface area contributed by atoms with Gasteiger partial charge in [-0.2, -0.15) is 0 Å². The van der Waals surface area contributed by atoms with Gasteiger partial charge in [0.2, 0.25) is 5.43 Å². The van der Waals surface area contributed by atoms with E-state index in [1.54, 1.807) is 56.7 Å². The third kappa shape index (κ3) is 4.47. The summed E-state index contributed by atoms with van der Waals surface area (Å²) in [4.78, 5) is 25.0. The van der Waals surface area contributed by atoms with Gasteiger partial charge in [-0.1, -0.05) is 12.1 Å². The molecule has 0 amide bonds. The molecule has 130 valence electrons. The third-order valence-electron chi connectivity index (χ3n) is 3.61. The van der Waals surface area contributed by atoms with Crippen molar-refractivity contribution in [2.45, 2.75) is 6.92 Å². The van der Waals surface area contributed by atoms with Crippen LogP contribution in [0.3, 0.4) is 0 Å². The molecule has 1 N–H and O–H groups in total. The van der Waals surface area contributed by atoms with Crippen molar-refractivity contribution in [2.75, 3.05) is 26.1 Å². The van der Waals surface area contributed by atoms with E-state index in [-0.39, 0.29) is 16.8 Å². The van der Waals surface area contributed by atoms with Gasteiger partial charge in [-0.15, -0.1) is 0 Å². The van der Waals surface area contributed by atoms with Crippen LogP contribution < -0.4 is 20.2 Å².